The smallest absolute Gasteiger partial charge is 0.253 e. The third-order valence-corrected chi connectivity index (χ3v) is 5.00. The van der Waals surface area contributed by atoms with Crippen LogP contribution in [0.2, 0.25) is 0 Å². The molecule has 1 amide bonds. The van der Waals surface area contributed by atoms with Crippen molar-refractivity contribution in [3.63, 3.8) is 0 Å². The highest BCUT2D eigenvalue weighted by molar-refractivity contribution is 5.96. The molecule has 2 heterocycles. The molecule has 28 heavy (non-hydrogen) atoms. The van der Waals surface area contributed by atoms with Gasteiger partial charge < -0.3 is 9.32 Å². The van der Waals surface area contributed by atoms with Crippen LogP contribution < -0.4 is 0 Å². The quantitative estimate of drug-likeness (QED) is 0.691. The molecule has 4 rings (SSSR count). The summed E-state index contributed by atoms with van der Waals surface area (Å²) in [6, 6.07) is 17.6. The number of aryl methyl sites for hydroxylation is 1. The van der Waals surface area contributed by atoms with Gasteiger partial charge in [-0.3, -0.25) is 4.79 Å². The molecule has 1 atom stereocenters. The lowest BCUT2D eigenvalue weighted by molar-refractivity contribution is 0.0699. The van der Waals surface area contributed by atoms with Crippen molar-refractivity contribution < 1.29 is 9.21 Å². The number of likely N-dealkylation sites (tertiary alicyclic amines) is 1. The molecule has 1 aliphatic heterocycles. The van der Waals surface area contributed by atoms with Gasteiger partial charge in [0.05, 0.1) is 12.0 Å². The van der Waals surface area contributed by atoms with Crippen molar-refractivity contribution in [3.05, 3.63) is 60.0 Å². The van der Waals surface area contributed by atoms with Crippen LogP contribution in [0.3, 0.4) is 0 Å². The molecule has 1 aliphatic rings. The van der Waals surface area contributed by atoms with Crippen LogP contribution in [0.4, 0.5) is 0 Å². The molecule has 0 N–H and O–H groups in total. The zero-order valence-corrected chi connectivity index (χ0v) is 15.6. The average Bonchev–Trinajstić information content (AvgIpc) is 3.19. The average molecular weight is 372 g/mol. The first-order valence-electron chi connectivity index (χ1n) is 9.34. The second kappa shape index (κ2) is 7.65. The summed E-state index contributed by atoms with van der Waals surface area (Å²) in [6.45, 7) is 2.95. The van der Waals surface area contributed by atoms with E-state index < -0.39 is 0 Å². The summed E-state index contributed by atoms with van der Waals surface area (Å²) in [7, 11) is 0. The molecule has 1 fully saturated rings. The van der Waals surface area contributed by atoms with Gasteiger partial charge in [-0.15, -0.1) is 10.2 Å². The SMILES string of the molecule is Cc1nnc(-c2ccccc2-c2cccc(C(=O)N3CCC[C@@H](C#N)C3)c2)o1. The van der Waals surface area contributed by atoms with E-state index in [-0.39, 0.29) is 11.8 Å². The van der Waals surface area contributed by atoms with Gasteiger partial charge in [0.25, 0.3) is 5.91 Å². The first-order chi connectivity index (χ1) is 13.7. The minimum absolute atomic E-state index is 0.0343. The van der Waals surface area contributed by atoms with Gasteiger partial charge in [0.1, 0.15) is 0 Å². The van der Waals surface area contributed by atoms with E-state index in [1.54, 1.807) is 11.8 Å². The Morgan fingerprint density at radius 3 is 2.75 bits per heavy atom. The highest BCUT2D eigenvalue weighted by Gasteiger charge is 2.24. The third-order valence-electron chi connectivity index (χ3n) is 5.00. The van der Waals surface area contributed by atoms with Gasteiger partial charge in [-0.2, -0.15) is 5.26 Å². The Morgan fingerprint density at radius 1 is 1.18 bits per heavy atom. The van der Waals surface area contributed by atoms with Gasteiger partial charge in [-0.25, -0.2) is 0 Å². The molecule has 0 aliphatic carbocycles. The van der Waals surface area contributed by atoms with Crippen molar-refractivity contribution in [1.29, 1.82) is 5.26 Å². The summed E-state index contributed by atoms with van der Waals surface area (Å²) in [4.78, 5) is 14.8. The van der Waals surface area contributed by atoms with E-state index >= 15 is 0 Å². The number of hydrogen-bond acceptors (Lipinski definition) is 5. The molecule has 2 aromatic carbocycles. The molecule has 0 radical (unpaired) electrons. The predicted octanol–water partition coefficient (Wildman–Crippen LogP) is 4.09. The maximum Gasteiger partial charge on any atom is 0.253 e. The Labute approximate surface area is 163 Å². The summed E-state index contributed by atoms with van der Waals surface area (Å²) < 4.78 is 5.60. The summed E-state index contributed by atoms with van der Waals surface area (Å²) in [5.74, 6) is 0.846. The number of benzene rings is 2. The van der Waals surface area contributed by atoms with Crippen molar-refractivity contribution in [2.75, 3.05) is 13.1 Å². The minimum atomic E-state index is -0.0811. The Bertz CT molecular complexity index is 1050. The van der Waals surface area contributed by atoms with Gasteiger partial charge >= 0.3 is 0 Å². The van der Waals surface area contributed by atoms with Crippen LogP contribution in [0.25, 0.3) is 22.6 Å². The standard InChI is InChI=1S/C22H20N4O2/c1-15-24-25-21(28-15)20-10-3-2-9-19(20)17-7-4-8-18(12-17)22(27)26-11-5-6-16(13-23)14-26/h2-4,7-10,12,16H,5-6,11,14H2,1H3/t16-/m0/s1. The number of carbonyl (C=O) groups is 1. The molecule has 0 unspecified atom stereocenters. The summed E-state index contributed by atoms with van der Waals surface area (Å²) in [5.41, 5.74) is 3.28. The van der Waals surface area contributed by atoms with E-state index in [0.29, 0.717) is 30.4 Å². The van der Waals surface area contributed by atoms with Crippen molar-refractivity contribution in [2.24, 2.45) is 5.92 Å². The van der Waals surface area contributed by atoms with Gasteiger partial charge in [0.2, 0.25) is 11.8 Å². The first kappa shape index (κ1) is 17.9. The largest absolute Gasteiger partial charge is 0.421 e. The molecule has 0 bridgehead atoms. The number of carbonyl (C=O) groups excluding carboxylic acids is 1. The molecule has 1 aromatic heterocycles. The van der Waals surface area contributed by atoms with E-state index in [4.69, 9.17) is 4.42 Å². The molecular formula is C22H20N4O2. The zero-order chi connectivity index (χ0) is 19.5. The summed E-state index contributed by atoms with van der Waals surface area (Å²) in [6.07, 6.45) is 1.72. The van der Waals surface area contributed by atoms with Gasteiger partial charge in [-0.1, -0.05) is 30.3 Å². The lowest BCUT2D eigenvalue weighted by Crippen LogP contribution is -2.39. The lowest BCUT2D eigenvalue weighted by atomic mass is 9.96. The Balaban J connectivity index is 1.67. The lowest BCUT2D eigenvalue weighted by Gasteiger charge is -2.29. The molecule has 1 saturated heterocycles. The molecule has 6 nitrogen and oxygen atoms in total. The van der Waals surface area contributed by atoms with E-state index in [0.717, 1.165) is 29.5 Å². The number of piperidine rings is 1. The van der Waals surface area contributed by atoms with Crippen molar-refractivity contribution in [1.82, 2.24) is 15.1 Å². The van der Waals surface area contributed by atoms with Crippen LogP contribution in [0.15, 0.2) is 52.9 Å². The van der Waals surface area contributed by atoms with Crippen LogP contribution in [-0.4, -0.2) is 34.1 Å². The fraction of sp³-hybridized carbons (Fsp3) is 0.273. The van der Waals surface area contributed by atoms with Crippen LogP contribution in [0, 0.1) is 24.2 Å². The van der Waals surface area contributed by atoms with Crippen LogP contribution in [0.1, 0.15) is 29.1 Å². The Hall–Kier alpha value is -3.46. The molecule has 0 spiro atoms. The summed E-state index contributed by atoms with van der Waals surface area (Å²) in [5, 5.41) is 17.2. The van der Waals surface area contributed by atoms with Gasteiger partial charge in [-0.05, 0) is 42.2 Å². The summed E-state index contributed by atoms with van der Waals surface area (Å²) >= 11 is 0. The number of amides is 1. The van der Waals surface area contributed by atoms with Gasteiger partial charge in [0, 0.05) is 31.1 Å². The maximum atomic E-state index is 13.0. The molecule has 6 heteroatoms. The van der Waals surface area contributed by atoms with Crippen LogP contribution in [-0.2, 0) is 0 Å². The van der Waals surface area contributed by atoms with E-state index in [9.17, 15) is 10.1 Å². The second-order valence-corrected chi connectivity index (χ2v) is 6.97. The minimum Gasteiger partial charge on any atom is -0.421 e. The van der Waals surface area contributed by atoms with E-state index in [2.05, 4.69) is 16.3 Å². The first-order valence-corrected chi connectivity index (χ1v) is 9.34. The zero-order valence-electron chi connectivity index (χ0n) is 15.6. The maximum absolute atomic E-state index is 13.0. The topological polar surface area (TPSA) is 83.0 Å². The molecule has 0 saturated carbocycles. The molecular weight excluding hydrogens is 352 g/mol. The van der Waals surface area contributed by atoms with Crippen molar-refractivity contribution >= 4 is 5.91 Å². The van der Waals surface area contributed by atoms with Crippen LogP contribution >= 0.6 is 0 Å². The number of nitrogens with zero attached hydrogens (tertiary/aromatic N) is 4. The number of rotatable bonds is 3. The third kappa shape index (κ3) is 3.52. The van der Waals surface area contributed by atoms with E-state index in [1.807, 2.05) is 48.5 Å². The predicted molar refractivity (Wildman–Crippen MR) is 104 cm³/mol. The van der Waals surface area contributed by atoms with Gasteiger partial charge in [0.15, 0.2) is 0 Å². The van der Waals surface area contributed by atoms with Crippen molar-refractivity contribution in [2.45, 2.75) is 19.8 Å². The van der Waals surface area contributed by atoms with Crippen molar-refractivity contribution in [3.8, 4) is 28.7 Å². The molecule has 3 aromatic rings. The monoisotopic (exact) mass is 372 g/mol. The fourth-order valence-corrected chi connectivity index (χ4v) is 3.60. The highest BCUT2D eigenvalue weighted by Crippen LogP contribution is 2.32. The van der Waals surface area contributed by atoms with E-state index in [1.165, 1.54) is 0 Å². The number of aromatic nitrogens is 2. The highest BCUT2D eigenvalue weighted by atomic mass is 16.4. The van der Waals surface area contributed by atoms with Crippen LogP contribution in [0.5, 0.6) is 0 Å². The second-order valence-electron chi connectivity index (χ2n) is 6.97. The normalized spacial score (nSPS) is 16.6. The fourth-order valence-electron chi connectivity index (χ4n) is 3.60. The Morgan fingerprint density at radius 2 is 2.00 bits per heavy atom. The number of nitriles is 1. The molecule has 140 valence electrons. The number of hydrogen-bond donors (Lipinski definition) is 0. The Kier molecular flexibility index (Phi) is 4.90.